The molecule has 0 saturated carbocycles. The minimum absolute atomic E-state index is 0.0855. The predicted molar refractivity (Wildman–Crippen MR) is 222 cm³/mol. The predicted octanol–water partition coefficient (Wildman–Crippen LogP) is 13.5. The Kier molecular flexibility index (Phi) is 6.67. The fraction of sp³-hybridized carbons (Fsp3) is 0.115. The number of hydrogen-bond acceptors (Lipinski definition) is 2. The van der Waals surface area contributed by atoms with Crippen LogP contribution in [-0.4, -0.2) is 0 Å². The fourth-order valence-electron chi connectivity index (χ4n) is 9.89. The first-order chi connectivity index (χ1) is 26.5. The molecule has 0 fully saturated rings. The summed E-state index contributed by atoms with van der Waals surface area (Å²) in [7, 11) is 0. The number of ether oxygens (including phenoxy) is 1. The van der Waals surface area contributed by atoms with Crippen LogP contribution in [0.25, 0.3) is 33.4 Å². The Morgan fingerprint density at radius 2 is 1.09 bits per heavy atom. The lowest BCUT2D eigenvalue weighted by molar-refractivity contribution is 0.436. The van der Waals surface area contributed by atoms with Gasteiger partial charge in [0.15, 0.2) is 0 Å². The molecule has 2 heteroatoms. The lowest BCUT2D eigenvalue weighted by Crippen LogP contribution is -2.32. The second kappa shape index (κ2) is 11.6. The van der Waals surface area contributed by atoms with Crippen molar-refractivity contribution < 1.29 is 4.74 Å². The Morgan fingerprint density at radius 3 is 1.91 bits per heavy atom. The van der Waals surface area contributed by atoms with Gasteiger partial charge in [0, 0.05) is 33.6 Å². The van der Waals surface area contributed by atoms with Crippen molar-refractivity contribution in [2.75, 3.05) is 4.90 Å². The summed E-state index contributed by atoms with van der Waals surface area (Å²) < 4.78 is 6.81. The largest absolute Gasteiger partial charge is 0.457 e. The third-order valence-corrected chi connectivity index (χ3v) is 12.3. The van der Waals surface area contributed by atoms with Gasteiger partial charge in [0.25, 0.3) is 0 Å². The number of benzene rings is 7. The SMILES string of the molecule is CC1(C)c2ccccc2-c2ccc(N(C3=CCCC=C3)c3ccc4c(c3)-c3ccccc3C43c4ccccc4Oc4cc(-c5ccccc5)ccc43)cc21. The molecule has 1 spiro atoms. The maximum atomic E-state index is 6.81. The number of anilines is 2. The monoisotopic (exact) mass is 693 g/mol. The lowest BCUT2D eigenvalue weighted by Gasteiger charge is -2.39. The molecule has 3 aliphatic carbocycles. The highest BCUT2D eigenvalue weighted by Crippen LogP contribution is 2.63. The van der Waals surface area contributed by atoms with Crippen molar-refractivity contribution in [1.29, 1.82) is 0 Å². The molecule has 4 aliphatic rings. The van der Waals surface area contributed by atoms with Crippen molar-refractivity contribution in [3.05, 3.63) is 215 Å². The molecule has 1 aliphatic heterocycles. The zero-order valence-corrected chi connectivity index (χ0v) is 30.5. The van der Waals surface area contributed by atoms with E-state index < -0.39 is 5.41 Å². The van der Waals surface area contributed by atoms with Crippen molar-refractivity contribution in [3.63, 3.8) is 0 Å². The number of allylic oxidation sites excluding steroid dienone is 3. The highest BCUT2D eigenvalue weighted by Gasteiger charge is 2.51. The zero-order chi connectivity index (χ0) is 36.0. The van der Waals surface area contributed by atoms with Crippen LogP contribution in [0, 0.1) is 0 Å². The molecular formula is C52H39NO. The summed E-state index contributed by atoms with van der Waals surface area (Å²) >= 11 is 0. The maximum absolute atomic E-state index is 6.81. The van der Waals surface area contributed by atoms with Gasteiger partial charge in [0.05, 0.1) is 5.41 Å². The van der Waals surface area contributed by atoms with Crippen molar-refractivity contribution in [1.82, 2.24) is 0 Å². The van der Waals surface area contributed by atoms with Crippen LogP contribution >= 0.6 is 0 Å². The second-order valence-electron chi connectivity index (χ2n) is 15.5. The van der Waals surface area contributed by atoms with E-state index in [1.807, 2.05) is 0 Å². The van der Waals surface area contributed by atoms with Crippen molar-refractivity contribution in [2.24, 2.45) is 0 Å². The van der Waals surface area contributed by atoms with Crippen LogP contribution < -0.4 is 9.64 Å². The van der Waals surface area contributed by atoms with Crippen LogP contribution in [0.2, 0.25) is 0 Å². The van der Waals surface area contributed by atoms with E-state index in [0.29, 0.717) is 0 Å². The zero-order valence-electron chi connectivity index (χ0n) is 30.5. The summed E-state index contributed by atoms with van der Waals surface area (Å²) in [6.07, 6.45) is 9.10. The van der Waals surface area contributed by atoms with E-state index in [2.05, 4.69) is 195 Å². The molecule has 7 aromatic rings. The fourth-order valence-corrected chi connectivity index (χ4v) is 9.89. The van der Waals surface area contributed by atoms with E-state index in [4.69, 9.17) is 4.74 Å². The van der Waals surface area contributed by atoms with Crippen molar-refractivity contribution in [3.8, 4) is 44.9 Å². The van der Waals surface area contributed by atoms with Gasteiger partial charge in [-0.3, -0.25) is 0 Å². The van der Waals surface area contributed by atoms with E-state index >= 15 is 0 Å². The summed E-state index contributed by atoms with van der Waals surface area (Å²) in [4.78, 5) is 2.47. The normalized spacial score (nSPS) is 17.7. The molecule has 2 nitrogen and oxygen atoms in total. The van der Waals surface area contributed by atoms with Crippen LogP contribution in [0.15, 0.2) is 182 Å². The smallest absolute Gasteiger partial charge is 0.132 e. The number of nitrogens with zero attached hydrogens (tertiary/aromatic N) is 1. The Morgan fingerprint density at radius 1 is 0.463 bits per heavy atom. The summed E-state index contributed by atoms with van der Waals surface area (Å²) in [5.41, 5.74) is 18.2. The van der Waals surface area contributed by atoms with Crippen LogP contribution in [0.4, 0.5) is 11.4 Å². The van der Waals surface area contributed by atoms with Gasteiger partial charge < -0.3 is 9.64 Å². The first kappa shape index (κ1) is 31.2. The molecule has 0 N–H and O–H groups in total. The molecule has 0 amide bonds. The number of hydrogen-bond donors (Lipinski definition) is 0. The molecule has 1 heterocycles. The van der Waals surface area contributed by atoms with E-state index in [-0.39, 0.29) is 5.41 Å². The Hall–Kier alpha value is -6.38. The summed E-state index contributed by atoms with van der Waals surface area (Å²) in [6, 6.07) is 58.2. The molecule has 54 heavy (non-hydrogen) atoms. The summed E-state index contributed by atoms with van der Waals surface area (Å²) in [5, 5.41) is 0. The molecule has 0 saturated heterocycles. The highest BCUT2D eigenvalue weighted by atomic mass is 16.5. The summed E-state index contributed by atoms with van der Waals surface area (Å²) in [6.45, 7) is 4.73. The molecule has 1 atom stereocenters. The Balaban J connectivity index is 1.12. The number of fused-ring (bicyclic) bond motifs is 12. The topological polar surface area (TPSA) is 12.5 Å². The van der Waals surface area contributed by atoms with Gasteiger partial charge in [-0.2, -0.15) is 0 Å². The van der Waals surface area contributed by atoms with E-state index in [9.17, 15) is 0 Å². The van der Waals surface area contributed by atoms with Gasteiger partial charge in [-0.1, -0.05) is 147 Å². The maximum Gasteiger partial charge on any atom is 0.132 e. The van der Waals surface area contributed by atoms with E-state index in [0.717, 1.165) is 35.6 Å². The second-order valence-corrected chi connectivity index (χ2v) is 15.5. The highest BCUT2D eigenvalue weighted by molar-refractivity contribution is 5.92. The molecule has 7 aromatic carbocycles. The number of para-hydroxylation sites is 1. The Labute approximate surface area is 317 Å². The van der Waals surface area contributed by atoms with Crippen LogP contribution in [0.5, 0.6) is 11.5 Å². The number of rotatable bonds is 4. The standard InChI is InChI=1S/C52H39NO/c1-51(2)43-21-11-9-19-39(43)41-28-26-38(33-48(41)51)53(36-17-7-4-8-18-36)37-27-30-45-42(32-37)40-20-10-12-22-44(40)52(45)46-23-13-14-24-49(46)54-50-31-35(25-29-47(50)52)34-15-5-3-6-16-34/h3,5-7,9-33H,4,8H2,1-2H3. The van der Waals surface area contributed by atoms with Gasteiger partial charge >= 0.3 is 0 Å². The Bertz CT molecular complexity index is 2730. The van der Waals surface area contributed by atoms with Crippen molar-refractivity contribution >= 4 is 11.4 Å². The molecular weight excluding hydrogens is 655 g/mol. The minimum Gasteiger partial charge on any atom is -0.457 e. The first-order valence-electron chi connectivity index (χ1n) is 19.2. The van der Waals surface area contributed by atoms with E-state index in [1.54, 1.807) is 0 Å². The molecule has 11 rings (SSSR count). The van der Waals surface area contributed by atoms with Gasteiger partial charge in [-0.15, -0.1) is 0 Å². The van der Waals surface area contributed by atoms with E-state index in [1.165, 1.54) is 72.6 Å². The third kappa shape index (κ3) is 4.28. The lowest BCUT2D eigenvalue weighted by atomic mass is 9.66. The third-order valence-electron chi connectivity index (χ3n) is 12.3. The average molecular weight is 694 g/mol. The summed E-state index contributed by atoms with van der Waals surface area (Å²) in [5.74, 6) is 1.81. The van der Waals surface area contributed by atoms with Gasteiger partial charge in [-0.05, 0) is 111 Å². The van der Waals surface area contributed by atoms with Crippen LogP contribution in [0.1, 0.15) is 60.1 Å². The molecule has 0 radical (unpaired) electrons. The first-order valence-corrected chi connectivity index (χ1v) is 19.2. The van der Waals surface area contributed by atoms with Gasteiger partial charge in [0.1, 0.15) is 11.5 Å². The molecule has 258 valence electrons. The molecule has 1 unspecified atom stereocenters. The quantitative estimate of drug-likeness (QED) is 0.182. The van der Waals surface area contributed by atoms with Gasteiger partial charge in [-0.25, -0.2) is 0 Å². The average Bonchev–Trinajstić information content (AvgIpc) is 3.64. The van der Waals surface area contributed by atoms with Gasteiger partial charge in [0.2, 0.25) is 0 Å². The van der Waals surface area contributed by atoms with Crippen LogP contribution in [0.3, 0.4) is 0 Å². The minimum atomic E-state index is -0.526. The molecule has 0 bridgehead atoms. The molecule has 0 aromatic heterocycles. The van der Waals surface area contributed by atoms with Crippen molar-refractivity contribution in [2.45, 2.75) is 37.5 Å². The van der Waals surface area contributed by atoms with Crippen LogP contribution in [-0.2, 0) is 10.8 Å².